The third-order valence-electron chi connectivity index (χ3n) is 3.34. The highest BCUT2D eigenvalue weighted by Crippen LogP contribution is 2.12. The Balaban J connectivity index is 1.91. The zero-order valence-corrected chi connectivity index (χ0v) is 14.3. The molecule has 4 nitrogen and oxygen atoms in total. The molecular weight excluding hydrogens is 366 g/mol. The molecule has 0 saturated heterocycles. The van der Waals surface area contributed by atoms with E-state index in [4.69, 9.17) is 0 Å². The molecule has 0 unspecified atom stereocenters. The van der Waals surface area contributed by atoms with Crippen molar-refractivity contribution < 1.29 is 4.79 Å². The molecule has 1 heterocycles. The highest BCUT2D eigenvalue weighted by molar-refractivity contribution is 9.10. The number of nitrogens with zero attached hydrogens (tertiary/aromatic N) is 2. The molecule has 2 aromatic carbocycles. The summed E-state index contributed by atoms with van der Waals surface area (Å²) in [5, 5.41) is 4.33. The van der Waals surface area contributed by atoms with Crippen molar-refractivity contribution in [1.82, 2.24) is 10.4 Å². The summed E-state index contributed by atoms with van der Waals surface area (Å²) in [6.07, 6.45) is 3.42. The van der Waals surface area contributed by atoms with Crippen LogP contribution < -0.4 is 5.43 Å². The van der Waals surface area contributed by atoms with Crippen molar-refractivity contribution in [1.29, 1.82) is 0 Å². The third kappa shape index (κ3) is 3.94. The number of benzene rings is 2. The number of hydrogen-bond acceptors (Lipinski definition) is 3. The minimum absolute atomic E-state index is 0.270. The van der Waals surface area contributed by atoms with Gasteiger partial charge in [0.2, 0.25) is 0 Å². The van der Waals surface area contributed by atoms with Gasteiger partial charge in [-0.15, -0.1) is 0 Å². The van der Waals surface area contributed by atoms with E-state index < -0.39 is 0 Å². The second kappa shape index (κ2) is 7.66. The van der Waals surface area contributed by atoms with Crippen LogP contribution in [0.2, 0.25) is 0 Å². The van der Waals surface area contributed by atoms with E-state index in [-0.39, 0.29) is 5.91 Å². The first-order valence-corrected chi connectivity index (χ1v) is 8.13. The largest absolute Gasteiger partial charge is 0.271 e. The number of amides is 1. The van der Waals surface area contributed by atoms with Gasteiger partial charge in [-0.05, 0) is 30.3 Å². The summed E-state index contributed by atoms with van der Waals surface area (Å²) >= 11 is 3.36. The van der Waals surface area contributed by atoms with Crippen molar-refractivity contribution in [2.75, 3.05) is 0 Å². The average molecular weight is 380 g/mol. The number of hydrogen-bond donors (Lipinski definition) is 1. The van der Waals surface area contributed by atoms with E-state index in [0.29, 0.717) is 11.3 Å². The van der Waals surface area contributed by atoms with E-state index in [9.17, 15) is 4.79 Å². The van der Waals surface area contributed by atoms with Crippen molar-refractivity contribution in [3.05, 3.63) is 100 Å². The quantitative estimate of drug-likeness (QED) is 0.549. The Kier molecular flexibility index (Phi) is 5.13. The van der Waals surface area contributed by atoms with Crippen LogP contribution in [0.5, 0.6) is 0 Å². The molecule has 0 aliphatic rings. The van der Waals surface area contributed by atoms with E-state index in [1.807, 2.05) is 54.6 Å². The Morgan fingerprint density at radius 2 is 1.67 bits per heavy atom. The fraction of sp³-hybridized carbons (Fsp3) is 0. The Labute approximate surface area is 148 Å². The summed E-state index contributed by atoms with van der Waals surface area (Å²) in [7, 11) is 0. The van der Waals surface area contributed by atoms with Gasteiger partial charge in [0.25, 0.3) is 5.91 Å². The molecule has 1 N–H and O–H groups in total. The number of carbonyl (C=O) groups is 1. The van der Waals surface area contributed by atoms with Crippen LogP contribution in [0.1, 0.15) is 21.5 Å². The van der Waals surface area contributed by atoms with Gasteiger partial charge < -0.3 is 0 Å². The second-order valence-corrected chi connectivity index (χ2v) is 5.94. The maximum atomic E-state index is 12.3. The smallest absolute Gasteiger partial charge is 0.267 e. The van der Waals surface area contributed by atoms with Crippen LogP contribution in [-0.2, 0) is 0 Å². The average Bonchev–Trinajstić information content (AvgIpc) is 2.63. The van der Waals surface area contributed by atoms with Crippen LogP contribution in [0, 0.1) is 0 Å². The van der Waals surface area contributed by atoms with Gasteiger partial charge in [-0.25, -0.2) is 5.43 Å². The van der Waals surface area contributed by atoms with E-state index in [1.165, 1.54) is 0 Å². The molecule has 0 fully saturated rings. The van der Waals surface area contributed by atoms with Crippen LogP contribution >= 0.6 is 15.9 Å². The molecule has 3 aromatic rings. The predicted octanol–water partition coefficient (Wildman–Crippen LogP) is 4.03. The number of aromatic nitrogens is 1. The number of carbonyl (C=O) groups excluding carboxylic acids is 1. The van der Waals surface area contributed by atoms with E-state index in [0.717, 1.165) is 15.6 Å². The number of pyridine rings is 1. The molecule has 3 rings (SSSR count). The molecule has 0 aliphatic heterocycles. The molecule has 0 saturated carbocycles. The summed E-state index contributed by atoms with van der Waals surface area (Å²) in [5.41, 5.74) is 5.55. The zero-order chi connectivity index (χ0) is 16.8. The highest BCUT2D eigenvalue weighted by atomic mass is 79.9. The van der Waals surface area contributed by atoms with Gasteiger partial charge in [0.1, 0.15) is 0 Å². The first kappa shape index (κ1) is 16.1. The number of halogens is 1. The number of hydrazone groups is 1. The standard InChI is InChI=1S/C19H14BrN3O/c20-17-10-4-8-15(12-17)19(24)23-22-18(14-6-2-1-3-7-14)16-9-5-11-21-13-16/h1-13H,(H,23,24)/b22-18+. The van der Waals surface area contributed by atoms with Crippen LogP contribution in [0.3, 0.4) is 0 Å². The van der Waals surface area contributed by atoms with Crippen LogP contribution in [0.15, 0.2) is 88.7 Å². The molecule has 1 amide bonds. The predicted molar refractivity (Wildman–Crippen MR) is 97.9 cm³/mol. The lowest BCUT2D eigenvalue weighted by atomic mass is 10.0. The van der Waals surface area contributed by atoms with Gasteiger partial charge in [0.15, 0.2) is 0 Å². The molecule has 24 heavy (non-hydrogen) atoms. The van der Waals surface area contributed by atoms with E-state index >= 15 is 0 Å². The topological polar surface area (TPSA) is 54.4 Å². The van der Waals surface area contributed by atoms with Crippen molar-refractivity contribution in [2.24, 2.45) is 5.10 Å². The Bertz CT molecular complexity index is 823. The number of nitrogens with one attached hydrogen (secondary N) is 1. The lowest BCUT2D eigenvalue weighted by Gasteiger charge is -2.08. The van der Waals surface area contributed by atoms with Crippen molar-refractivity contribution in [2.45, 2.75) is 0 Å². The monoisotopic (exact) mass is 379 g/mol. The van der Waals surface area contributed by atoms with Gasteiger partial charge in [0.05, 0.1) is 5.71 Å². The molecule has 0 radical (unpaired) electrons. The summed E-state index contributed by atoms with van der Waals surface area (Å²) in [6, 6.07) is 20.6. The third-order valence-corrected chi connectivity index (χ3v) is 3.83. The summed E-state index contributed by atoms with van der Waals surface area (Å²) in [4.78, 5) is 16.4. The summed E-state index contributed by atoms with van der Waals surface area (Å²) in [5.74, 6) is -0.270. The molecule has 0 atom stereocenters. The summed E-state index contributed by atoms with van der Waals surface area (Å²) in [6.45, 7) is 0. The lowest BCUT2D eigenvalue weighted by Crippen LogP contribution is -2.20. The number of rotatable bonds is 4. The molecule has 0 bridgehead atoms. The van der Waals surface area contributed by atoms with Crippen LogP contribution in [0.4, 0.5) is 0 Å². The minimum atomic E-state index is -0.270. The first-order chi connectivity index (χ1) is 11.7. The molecular formula is C19H14BrN3O. The van der Waals surface area contributed by atoms with Gasteiger partial charge in [-0.2, -0.15) is 5.10 Å². The second-order valence-electron chi connectivity index (χ2n) is 5.02. The van der Waals surface area contributed by atoms with Gasteiger partial charge >= 0.3 is 0 Å². The van der Waals surface area contributed by atoms with E-state index in [1.54, 1.807) is 24.5 Å². The van der Waals surface area contributed by atoms with Crippen molar-refractivity contribution in [3.8, 4) is 0 Å². The zero-order valence-electron chi connectivity index (χ0n) is 12.7. The molecule has 118 valence electrons. The summed E-state index contributed by atoms with van der Waals surface area (Å²) < 4.78 is 0.842. The maximum absolute atomic E-state index is 12.3. The van der Waals surface area contributed by atoms with Gasteiger partial charge in [-0.3, -0.25) is 9.78 Å². The van der Waals surface area contributed by atoms with Crippen LogP contribution in [-0.4, -0.2) is 16.6 Å². The van der Waals surface area contributed by atoms with Crippen LogP contribution in [0.25, 0.3) is 0 Å². The Morgan fingerprint density at radius 3 is 2.38 bits per heavy atom. The molecule has 0 spiro atoms. The van der Waals surface area contributed by atoms with Gasteiger partial charge in [-0.1, -0.05) is 52.3 Å². The fourth-order valence-corrected chi connectivity index (χ4v) is 2.59. The fourth-order valence-electron chi connectivity index (χ4n) is 2.20. The molecule has 0 aliphatic carbocycles. The van der Waals surface area contributed by atoms with Gasteiger partial charge in [0, 0.05) is 33.6 Å². The molecule has 5 heteroatoms. The normalized spacial score (nSPS) is 11.1. The van der Waals surface area contributed by atoms with E-state index in [2.05, 4.69) is 31.4 Å². The Hall–Kier alpha value is -2.79. The Morgan fingerprint density at radius 1 is 0.917 bits per heavy atom. The first-order valence-electron chi connectivity index (χ1n) is 7.33. The lowest BCUT2D eigenvalue weighted by molar-refractivity contribution is 0.0955. The molecule has 1 aromatic heterocycles. The minimum Gasteiger partial charge on any atom is -0.267 e. The highest BCUT2D eigenvalue weighted by Gasteiger charge is 2.09. The van der Waals surface area contributed by atoms with Crippen molar-refractivity contribution >= 4 is 27.5 Å². The van der Waals surface area contributed by atoms with Crippen molar-refractivity contribution in [3.63, 3.8) is 0 Å². The SMILES string of the molecule is O=C(N/N=C(\c1ccccc1)c1cccnc1)c1cccc(Br)c1. The maximum Gasteiger partial charge on any atom is 0.271 e.